The Morgan fingerprint density at radius 1 is 1.05 bits per heavy atom. The van der Waals surface area contributed by atoms with Crippen LogP contribution >= 0.6 is 39.1 Å². The van der Waals surface area contributed by atoms with E-state index in [-0.39, 0.29) is 15.5 Å². The predicted octanol–water partition coefficient (Wildman–Crippen LogP) is 5.23. The molecule has 2 nitrogen and oxygen atoms in total. The minimum Gasteiger partial charge on any atom is -0.222 e. The molecule has 100 valence electrons. The molecule has 0 atom stereocenters. The zero-order valence-corrected chi connectivity index (χ0v) is 12.1. The molecule has 0 spiro atoms. The van der Waals surface area contributed by atoms with E-state index in [1.807, 2.05) is 0 Å². The van der Waals surface area contributed by atoms with Crippen molar-refractivity contribution in [1.29, 1.82) is 0 Å². The van der Waals surface area contributed by atoms with Crippen LogP contribution < -0.4 is 0 Å². The van der Waals surface area contributed by atoms with Crippen molar-refractivity contribution >= 4 is 39.1 Å². The number of rotatable bonds is 1. The molecular weight excluding hydrogens is 368 g/mol. The molecule has 0 aliphatic carbocycles. The van der Waals surface area contributed by atoms with Crippen LogP contribution in [0.2, 0.25) is 10.0 Å². The van der Waals surface area contributed by atoms with Gasteiger partial charge in [0.05, 0.1) is 10.7 Å². The molecule has 1 heterocycles. The van der Waals surface area contributed by atoms with E-state index in [2.05, 4.69) is 25.9 Å². The molecule has 0 unspecified atom stereocenters. The quantitative estimate of drug-likeness (QED) is 0.641. The van der Waals surface area contributed by atoms with Crippen molar-refractivity contribution in [1.82, 2.24) is 9.97 Å². The number of hydrogen-bond donors (Lipinski definition) is 0. The standard InChI is InChI=1S/C11H4BrCl2F3N2/c12-10-18-8(4-9(19-10)11(15,16)17)6-2-1-5(13)3-7(6)14/h1-4H. The van der Waals surface area contributed by atoms with Crippen LogP contribution in [0.1, 0.15) is 5.69 Å². The summed E-state index contributed by atoms with van der Waals surface area (Å²) >= 11 is 14.5. The lowest BCUT2D eigenvalue weighted by atomic mass is 10.1. The topological polar surface area (TPSA) is 25.8 Å². The van der Waals surface area contributed by atoms with Gasteiger partial charge in [-0.2, -0.15) is 13.2 Å². The molecule has 1 aromatic heterocycles. The third kappa shape index (κ3) is 3.38. The predicted molar refractivity (Wildman–Crippen MR) is 70.2 cm³/mol. The first-order valence-electron chi connectivity index (χ1n) is 4.84. The lowest BCUT2D eigenvalue weighted by Gasteiger charge is -2.09. The van der Waals surface area contributed by atoms with Gasteiger partial charge in [0.15, 0.2) is 4.73 Å². The molecule has 0 radical (unpaired) electrons. The smallest absolute Gasteiger partial charge is 0.222 e. The van der Waals surface area contributed by atoms with Crippen molar-refractivity contribution < 1.29 is 13.2 Å². The van der Waals surface area contributed by atoms with Crippen LogP contribution in [0.15, 0.2) is 29.0 Å². The van der Waals surface area contributed by atoms with Gasteiger partial charge in [0, 0.05) is 10.6 Å². The first kappa shape index (κ1) is 14.6. The highest BCUT2D eigenvalue weighted by Gasteiger charge is 2.33. The number of benzene rings is 1. The SMILES string of the molecule is FC(F)(F)c1cc(-c2ccc(Cl)cc2Cl)nc(Br)n1. The van der Waals surface area contributed by atoms with Gasteiger partial charge in [-0.15, -0.1) is 0 Å². The summed E-state index contributed by atoms with van der Waals surface area (Å²) in [4.78, 5) is 7.18. The molecule has 0 saturated carbocycles. The number of halogens is 6. The molecule has 8 heteroatoms. The summed E-state index contributed by atoms with van der Waals surface area (Å²) in [5.74, 6) is 0. The Labute approximate surface area is 124 Å². The third-order valence-electron chi connectivity index (χ3n) is 2.20. The van der Waals surface area contributed by atoms with Crippen LogP contribution in [0.25, 0.3) is 11.3 Å². The van der Waals surface area contributed by atoms with Crippen LogP contribution in [0.3, 0.4) is 0 Å². The first-order chi connectivity index (χ1) is 8.77. The second-order valence-electron chi connectivity index (χ2n) is 3.53. The zero-order chi connectivity index (χ0) is 14.2. The van der Waals surface area contributed by atoms with E-state index in [1.165, 1.54) is 18.2 Å². The summed E-state index contributed by atoms with van der Waals surface area (Å²) in [5.41, 5.74) is -0.633. The Kier molecular flexibility index (Phi) is 4.03. The Hall–Kier alpha value is -0.850. The minimum atomic E-state index is -4.56. The fourth-order valence-corrected chi connectivity index (χ4v) is 2.29. The monoisotopic (exact) mass is 370 g/mol. The lowest BCUT2D eigenvalue weighted by Crippen LogP contribution is -2.09. The summed E-state index contributed by atoms with van der Waals surface area (Å²) in [6, 6.07) is 5.28. The van der Waals surface area contributed by atoms with E-state index in [1.54, 1.807) is 0 Å². The fourth-order valence-electron chi connectivity index (χ4n) is 1.40. The second kappa shape index (κ2) is 5.26. The summed E-state index contributed by atoms with van der Waals surface area (Å²) in [7, 11) is 0. The molecule has 0 fully saturated rings. The maximum absolute atomic E-state index is 12.7. The second-order valence-corrected chi connectivity index (χ2v) is 5.08. The first-order valence-corrected chi connectivity index (χ1v) is 6.39. The van der Waals surface area contributed by atoms with Crippen molar-refractivity contribution in [3.05, 3.63) is 44.7 Å². The normalized spacial score (nSPS) is 11.7. The minimum absolute atomic E-state index is 0.0656. The molecule has 19 heavy (non-hydrogen) atoms. The third-order valence-corrected chi connectivity index (χ3v) is 3.10. The zero-order valence-electron chi connectivity index (χ0n) is 8.97. The van der Waals surface area contributed by atoms with Gasteiger partial charge in [-0.25, -0.2) is 9.97 Å². The van der Waals surface area contributed by atoms with E-state index in [4.69, 9.17) is 23.2 Å². The lowest BCUT2D eigenvalue weighted by molar-refractivity contribution is -0.141. The van der Waals surface area contributed by atoms with E-state index < -0.39 is 11.9 Å². The van der Waals surface area contributed by atoms with E-state index in [9.17, 15) is 13.2 Å². The van der Waals surface area contributed by atoms with E-state index in [0.717, 1.165) is 6.07 Å². The van der Waals surface area contributed by atoms with E-state index >= 15 is 0 Å². The van der Waals surface area contributed by atoms with Crippen LogP contribution in [0.4, 0.5) is 13.2 Å². The highest BCUT2D eigenvalue weighted by atomic mass is 79.9. The fraction of sp³-hybridized carbons (Fsp3) is 0.0909. The molecule has 0 aliphatic heterocycles. The average molecular weight is 372 g/mol. The molecule has 2 rings (SSSR count). The van der Waals surface area contributed by atoms with Crippen molar-refractivity contribution in [2.75, 3.05) is 0 Å². The Morgan fingerprint density at radius 2 is 1.74 bits per heavy atom. The van der Waals surface area contributed by atoms with Crippen LogP contribution in [0, 0.1) is 0 Å². The van der Waals surface area contributed by atoms with Gasteiger partial charge >= 0.3 is 6.18 Å². The Balaban J connectivity index is 2.59. The summed E-state index contributed by atoms with van der Waals surface area (Å²) < 4.78 is 37.8. The van der Waals surface area contributed by atoms with Gasteiger partial charge in [0.25, 0.3) is 0 Å². The van der Waals surface area contributed by atoms with E-state index in [0.29, 0.717) is 10.6 Å². The molecule has 0 saturated heterocycles. The van der Waals surface area contributed by atoms with Crippen LogP contribution in [-0.4, -0.2) is 9.97 Å². The van der Waals surface area contributed by atoms with Gasteiger partial charge in [-0.3, -0.25) is 0 Å². The number of aromatic nitrogens is 2. The number of alkyl halides is 3. The Morgan fingerprint density at radius 3 is 2.32 bits per heavy atom. The van der Waals surface area contributed by atoms with Crippen LogP contribution in [0.5, 0.6) is 0 Å². The highest BCUT2D eigenvalue weighted by Crippen LogP contribution is 2.34. The number of nitrogens with zero attached hydrogens (tertiary/aromatic N) is 2. The molecule has 0 bridgehead atoms. The average Bonchev–Trinajstić information content (AvgIpc) is 2.26. The maximum Gasteiger partial charge on any atom is 0.433 e. The Bertz CT molecular complexity index is 632. The van der Waals surface area contributed by atoms with Gasteiger partial charge in [-0.05, 0) is 40.2 Å². The summed E-state index contributed by atoms with van der Waals surface area (Å²) in [5, 5.41) is 0.601. The van der Waals surface area contributed by atoms with Gasteiger partial charge in [-0.1, -0.05) is 23.2 Å². The molecule has 0 aliphatic rings. The largest absolute Gasteiger partial charge is 0.433 e. The summed E-state index contributed by atoms with van der Waals surface area (Å²) in [6.45, 7) is 0. The molecule has 1 aromatic carbocycles. The van der Waals surface area contributed by atoms with Gasteiger partial charge in [0.1, 0.15) is 5.69 Å². The van der Waals surface area contributed by atoms with Crippen molar-refractivity contribution in [3.8, 4) is 11.3 Å². The molecular formula is C11H4BrCl2F3N2. The highest BCUT2D eigenvalue weighted by molar-refractivity contribution is 9.10. The van der Waals surface area contributed by atoms with Crippen molar-refractivity contribution in [3.63, 3.8) is 0 Å². The molecule has 0 amide bonds. The van der Waals surface area contributed by atoms with Gasteiger partial charge in [0.2, 0.25) is 0 Å². The maximum atomic E-state index is 12.7. The van der Waals surface area contributed by atoms with Crippen molar-refractivity contribution in [2.45, 2.75) is 6.18 Å². The molecule has 2 aromatic rings. The van der Waals surface area contributed by atoms with Gasteiger partial charge < -0.3 is 0 Å². The van der Waals surface area contributed by atoms with Crippen LogP contribution in [-0.2, 0) is 6.18 Å². The molecule has 0 N–H and O–H groups in total. The summed E-state index contributed by atoms with van der Waals surface area (Å²) in [6.07, 6.45) is -4.56. The van der Waals surface area contributed by atoms with Crippen molar-refractivity contribution in [2.24, 2.45) is 0 Å². The number of hydrogen-bond acceptors (Lipinski definition) is 2.